The first kappa shape index (κ1) is 29.9. The molecule has 2 N–H and O–H groups in total. The molecule has 3 rings (SSSR count). The van der Waals surface area contributed by atoms with Crippen LogP contribution in [0.25, 0.3) is 0 Å². The normalized spacial score (nSPS) is 37.5. The molecule has 0 aromatic carbocycles. The standard InChI is InChI=1S/C32H50O5/c1-22-18-23(2)20-30(34)25(4)24(3)21-31(29(33)17-16-26-10-6-5-7-11-26)37-32(35)15-9-13-27-12-8-14-28(19-22)36-27/h8-9,12,15-17,22,24-31,33-34H,2,5-7,10-11,13-14,18-21H2,1,3-4H3/b15-9-,17-16+/t22?,24-,25?,27?,28-,29?,30-,31?/m0/s1. The van der Waals surface area contributed by atoms with E-state index >= 15 is 0 Å². The fourth-order valence-electron chi connectivity index (χ4n) is 6.03. The average molecular weight is 515 g/mol. The molecule has 5 heteroatoms. The molecule has 3 aliphatic rings. The molecule has 1 aliphatic carbocycles. The molecule has 2 aliphatic heterocycles. The quantitative estimate of drug-likeness (QED) is 0.334. The number of rotatable bonds is 3. The first-order valence-electron chi connectivity index (χ1n) is 14.6. The van der Waals surface area contributed by atoms with Crippen LogP contribution in [0.4, 0.5) is 0 Å². The zero-order valence-corrected chi connectivity index (χ0v) is 23.3. The van der Waals surface area contributed by atoms with E-state index in [0.717, 1.165) is 37.7 Å². The van der Waals surface area contributed by atoms with Gasteiger partial charge in [0.05, 0.1) is 18.3 Å². The summed E-state index contributed by atoms with van der Waals surface area (Å²) in [5.41, 5.74) is 1.06. The smallest absolute Gasteiger partial charge is 0.330 e. The van der Waals surface area contributed by atoms with Crippen LogP contribution in [0.1, 0.15) is 91.4 Å². The minimum absolute atomic E-state index is 0.0234. The Morgan fingerprint density at radius 1 is 1.05 bits per heavy atom. The molecule has 5 unspecified atom stereocenters. The van der Waals surface area contributed by atoms with Crippen molar-refractivity contribution in [2.75, 3.05) is 0 Å². The molecular formula is C32H50O5. The Labute approximate surface area is 224 Å². The number of hydrogen-bond donors (Lipinski definition) is 2. The van der Waals surface area contributed by atoms with E-state index in [-0.39, 0.29) is 24.0 Å². The van der Waals surface area contributed by atoms with E-state index in [1.54, 1.807) is 0 Å². The summed E-state index contributed by atoms with van der Waals surface area (Å²) in [7, 11) is 0. The molecule has 0 aromatic rings. The molecule has 0 saturated heterocycles. The lowest BCUT2D eigenvalue weighted by molar-refractivity contribution is -0.148. The highest BCUT2D eigenvalue weighted by Crippen LogP contribution is 2.30. The Hall–Kier alpha value is -1.69. The predicted molar refractivity (Wildman–Crippen MR) is 149 cm³/mol. The highest BCUT2D eigenvalue weighted by molar-refractivity contribution is 5.82. The van der Waals surface area contributed by atoms with Crippen molar-refractivity contribution in [2.45, 2.75) is 122 Å². The van der Waals surface area contributed by atoms with Gasteiger partial charge in [0.15, 0.2) is 0 Å². The summed E-state index contributed by atoms with van der Waals surface area (Å²) in [6.45, 7) is 10.6. The lowest BCUT2D eigenvalue weighted by Gasteiger charge is -2.31. The molecule has 2 bridgehead atoms. The summed E-state index contributed by atoms with van der Waals surface area (Å²) in [4.78, 5) is 12.7. The number of esters is 1. The zero-order valence-electron chi connectivity index (χ0n) is 23.3. The van der Waals surface area contributed by atoms with E-state index < -0.39 is 24.3 Å². The molecule has 1 fully saturated rings. The number of hydrogen-bond acceptors (Lipinski definition) is 5. The van der Waals surface area contributed by atoms with E-state index in [0.29, 0.717) is 31.1 Å². The van der Waals surface area contributed by atoms with Gasteiger partial charge in [0.25, 0.3) is 0 Å². The summed E-state index contributed by atoms with van der Waals surface area (Å²) < 4.78 is 12.1. The summed E-state index contributed by atoms with van der Waals surface area (Å²) in [5.74, 6) is 0.484. The molecule has 0 radical (unpaired) electrons. The molecule has 37 heavy (non-hydrogen) atoms. The minimum Gasteiger partial charge on any atom is -0.456 e. The van der Waals surface area contributed by atoms with Gasteiger partial charge in [0, 0.05) is 6.08 Å². The van der Waals surface area contributed by atoms with Crippen LogP contribution in [0.2, 0.25) is 0 Å². The zero-order chi connectivity index (χ0) is 26.8. The summed E-state index contributed by atoms with van der Waals surface area (Å²) >= 11 is 0. The Balaban J connectivity index is 1.74. The monoisotopic (exact) mass is 514 g/mol. The first-order chi connectivity index (χ1) is 17.7. The van der Waals surface area contributed by atoms with Crippen LogP contribution >= 0.6 is 0 Å². The second-order valence-corrected chi connectivity index (χ2v) is 12.0. The molecular weight excluding hydrogens is 464 g/mol. The van der Waals surface area contributed by atoms with Gasteiger partial charge >= 0.3 is 5.97 Å². The van der Waals surface area contributed by atoms with Crippen molar-refractivity contribution in [1.82, 2.24) is 0 Å². The second-order valence-electron chi connectivity index (χ2n) is 12.0. The highest BCUT2D eigenvalue weighted by Gasteiger charge is 2.30. The fourth-order valence-corrected chi connectivity index (χ4v) is 6.03. The lowest BCUT2D eigenvalue weighted by atomic mass is 9.82. The van der Waals surface area contributed by atoms with Crippen LogP contribution in [-0.4, -0.2) is 46.7 Å². The third-order valence-electron chi connectivity index (χ3n) is 8.53. The van der Waals surface area contributed by atoms with E-state index in [4.69, 9.17) is 9.47 Å². The third kappa shape index (κ3) is 10.2. The van der Waals surface area contributed by atoms with Crippen LogP contribution in [0.15, 0.2) is 48.6 Å². The number of allylic oxidation sites excluding steroid dienone is 1. The average Bonchev–Trinajstić information content (AvgIpc) is 2.86. The first-order valence-corrected chi connectivity index (χ1v) is 14.6. The van der Waals surface area contributed by atoms with Gasteiger partial charge in [-0.15, -0.1) is 0 Å². The Kier molecular flexibility index (Phi) is 12.1. The molecule has 208 valence electrons. The SMILES string of the molecule is C=C1CC(C)C[C@@H]2CC=CC(C/C=C\C(=O)OC(C(O)/C=C/C3CCCCC3)C[C@H](C)C(C)[C@@H](O)C1)O2. The molecule has 0 aromatic heterocycles. The van der Waals surface area contributed by atoms with Crippen LogP contribution < -0.4 is 0 Å². The maximum Gasteiger partial charge on any atom is 0.330 e. The van der Waals surface area contributed by atoms with Gasteiger partial charge in [-0.25, -0.2) is 4.79 Å². The number of aliphatic hydroxyl groups is 2. The second kappa shape index (κ2) is 15.0. The topological polar surface area (TPSA) is 76.0 Å². The largest absolute Gasteiger partial charge is 0.456 e. The summed E-state index contributed by atoms with van der Waals surface area (Å²) in [6.07, 6.45) is 19.8. The van der Waals surface area contributed by atoms with Gasteiger partial charge < -0.3 is 19.7 Å². The van der Waals surface area contributed by atoms with Crippen molar-refractivity contribution in [2.24, 2.45) is 23.7 Å². The van der Waals surface area contributed by atoms with Crippen molar-refractivity contribution in [3.8, 4) is 0 Å². The number of ether oxygens (including phenoxy) is 2. The van der Waals surface area contributed by atoms with Gasteiger partial charge in [0.1, 0.15) is 12.2 Å². The van der Waals surface area contributed by atoms with Gasteiger partial charge in [-0.3, -0.25) is 0 Å². The predicted octanol–water partition coefficient (Wildman–Crippen LogP) is 6.46. The molecule has 1 saturated carbocycles. The summed E-state index contributed by atoms with van der Waals surface area (Å²) in [5, 5.41) is 22.0. The summed E-state index contributed by atoms with van der Waals surface area (Å²) in [6, 6.07) is 0. The third-order valence-corrected chi connectivity index (χ3v) is 8.53. The van der Waals surface area contributed by atoms with E-state index in [1.807, 2.05) is 19.1 Å². The Morgan fingerprint density at radius 3 is 2.57 bits per heavy atom. The van der Waals surface area contributed by atoms with Gasteiger partial charge in [-0.2, -0.15) is 0 Å². The van der Waals surface area contributed by atoms with E-state index in [9.17, 15) is 15.0 Å². The Bertz CT molecular complexity index is 808. The van der Waals surface area contributed by atoms with Crippen molar-refractivity contribution in [3.63, 3.8) is 0 Å². The van der Waals surface area contributed by atoms with Crippen LogP contribution in [-0.2, 0) is 14.3 Å². The Morgan fingerprint density at radius 2 is 1.81 bits per heavy atom. The van der Waals surface area contributed by atoms with Crippen molar-refractivity contribution >= 4 is 5.97 Å². The van der Waals surface area contributed by atoms with E-state index in [1.165, 1.54) is 25.3 Å². The maximum absolute atomic E-state index is 12.7. The van der Waals surface area contributed by atoms with Gasteiger partial charge in [-0.05, 0) is 75.0 Å². The lowest BCUT2D eigenvalue weighted by Crippen LogP contribution is -2.35. The van der Waals surface area contributed by atoms with Gasteiger partial charge in [-0.1, -0.05) is 82.6 Å². The van der Waals surface area contributed by atoms with Crippen molar-refractivity contribution < 1.29 is 24.5 Å². The number of fused-ring (bicyclic) bond motifs is 2. The fraction of sp³-hybridized carbons (Fsp3) is 0.719. The van der Waals surface area contributed by atoms with Crippen LogP contribution in [0.3, 0.4) is 0 Å². The highest BCUT2D eigenvalue weighted by atomic mass is 16.6. The molecule has 5 nitrogen and oxygen atoms in total. The van der Waals surface area contributed by atoms with Gasteiger partial charge in [0.2, 0.25) is 0 Å². The van der Waals surface area contributed by atoms with Crippen molar-refractivity contribution in [1.29, 1.82) is 0 Å². The molecule has 0 amide bonds. The van der Waals surface area contributed by atoms with Crippen LogP contribution in [0, 0.1) is 23.7 Å². The molecule has 2 heterocycles. The minimum atomic E-state index is -0.877. The molecule has 8 atom stereocenters. The number of carbonyl (C=O) groups is 1. The number of aliphatic hydroxyl groups excluding tert-OH is 2. The number of cyclic esters (lactones) is 1. The molecule has 0 spiro atoms. The number of carbonyl (C=O) groups excluding carboxylic acids is 1. The van der Waals surface area contributed by atoms with E-state index in [2.05, 4.69) is 38.7 Å². The maximum atomic E-state index is 12.7. The van der Waals surface area contributed by atoms with Crippen molar-refractivity contribution in [3.05, 3.63) is 48.6 Å². The van der Waals surface area contributed by atoms with Crippen LogP contribution in [0.5, 0.6) is 0 Å².